The fraction of sp³-hybridized carbons (Fsp3) is 0.467. The van der Waals surface area contributed by atoms with Gasteiger partial charge in [-0.2, -0.15) is 0 Å². The van der Waals surface area contributed by atoms with Crippen molar-refractivity contribution < 1.29 is 4.74 Å². The Bertz CT molecular complexity index is 335. The summed E-state index contributed by atoms with van der Waals surface area (Å²) in [6.07, 6.45) is 4.09. The van der Waals surface area contributed by atoms with Crippen LogP contribution in [-0.2, 0) is 0 Å². The predicted octanol–water partition coefficient (Wildman–Crippen LogP) is 3.44. The van der Waals surface area contributed by atoms with Gasteiger partial charge < -0.3 is 9.64 Å². The first-order valence-corrected chi connectivity index (χ1v) is 6.30. The Balaban J connectivity index is 2.28. The van der Waals surface area contributed by atoms with Gasteiger partial charge in [0.25, 0.3) is 0 Å². The second-order valence-electron chi connectivity index (χ2n) is 4.25. The average molecular weight is 233 g/mol. The molecule has 0 N–H and O–H groups in total. The van der Waals surface area contributed by atoms with E-state index in [2.05, 4.69) is 25.5 Å². The molecule has 0 saturated carbocycles. The van der Waals surface area contributed by atoms with Crippen LogP contribution in [0.5, 0.6) is 5.75 Å². The third kappa shape index (κ3) is 5.05. The SMILES string of the molecule is C=Cc1ccccc1OCCCN(C)CCC. The van der Waals surface area contributed by atoms with Crippen molar-refractivity contribution in [2.45, 2.75) is 19.8 Å². The molecule has 0 heterocycles. The molecule has 2 nitrogen and oxygen atoms in total. The van der Waals surface area contributed by atoms with Crippen molar-refractivity contribution in [2.75, 3.05) is 26.7 Å². The van der Waals surface area contributed by atoms with Gasteiger partial charge in [0.2, 0.25) is 0 Å². The van der Waals surface area contributed by atoms with Crippen LogP contribution < -0.4 is 4.74 Å². The molecule has 0 radical (unpaired) electrons. The van der Waals surface area contributed by atoms with Crippen LogP contribution in [0.15, 0.2) is 30.8 Å². The zero-order valence-corrected chi connectivity index (χ0v) is 11.0. The highest BCUT2D eigenvalue weighted by Gasteiger charge is 2.00. The molecule has 1 aromatic carbocycles. The Morgan fingerprint density at radius 3 is 2.76 bits per heavy atom. The zero-order valence-electron chi connectivity index (χ0n) is 11.0. The molecule has 94 valence electrons. The van der Waals surface area contributed by atoms with Gasteiger partial charge in [-0.3, -0.25) is 0 Å². The number of hydrogen-bond donors (Lipinski definition) is 0. The molecule has 0 bridgehead atoms. The van der Waals surface area contributed by atoms with Crippen molar-refractivity contribution in [1.82, 2.24) is 4.90 Å². The van der Waals surface area contributed by atoms with Crippen molar-refractivity contribution in [2.24, 2.45) is 0 Å². The van der Waals surface area contributed by atoms with Crippen molar-refractivity contribution >= 4 is 6.08 Å². The van der Waals surface area contributed by atoms with E-state index in [0.717, 1.165) is 37.4 Å². The van der Waals surface area contributed by atoms with Crippen LogP contribution in [0.2, 0.25) is 0 Å². The topological polar surface area (TPSA) is 12.5 Å². The maximum absolute atomic E-state index is 5.76. The van der Waals surface area contributed by atoms with E-state index in [0.29, 0.717) is 0 Å². The quantitative estimate of drug-likeness (QED) is 0.638. The van der Waals surface area contributed by atoms with Crippen molar-refractivity contribution in [1.29, 1.82) is 0 Å². The number of rotatable bonds is 8. The Morgan fingerprint density at radius 2 is 2.06 bits per heavy atom. The number of benzene rings is 1. The lowest BCUT2D eigenvalue weighted by atomic mass is 10.2. The third-order valence-corrected chi connectivity index (χ3v) is 2.69. The molecule has 0 saturated heterocycles. The monoisotopic (exact) mass is 233 g/mol. The van der Waals surface area contributed by atoms with Crippen LogP contribution in [0.4, 0.5) is 0 Å². The molecule has 0 aliphatic carbocycles. The Labute approximate surface area is 105 Å². The number of hydrogen-bond acceptors (Lipinski definition) is 2. The van der Waals surface area contributed by atoms with Crippen LogP contribution in [0.1, 0.15) is 25.3 Å². The van der Waals surface area contributed by atoms with E-state index in [1.807, 2.05) is 30.3 Å². The summed E-state index contributed by atoms with van der Waals surface area (Å²) in [4.78, 5) is 2.34. The zero-order chi connectivity index (χ0) is 12.5. The summed E-state index contributed by atoms with van der Waals surface area (Å²) in [6, 6.07) is 8.00. The van der Waals surface area contributed by atoms with Gasteiger partial charge in [-0.1, -0.05) is 37.8 Å². The summed E-state index contributed by atoms with van der Waals surface area (Å²) >= 11 is 0. The Morgan fingerprint density at radius 1 is 1.29 bits per heavy atom. The van der Waals surface area contributed by atoms with Crippen molar-refractivity contribution in [3.8, 4) is 5.75 Å². The third-order valence-electron chi connectivity index (χ3n) is 2.69. The second-order valence-corrected chi connectivity index (χ2v) is 4.25. The first-order chi connectivity index (χ1) is 8.27. The van der Waals surface area contributed by atoms with Gasteiger partial charge in [-0.25, -0.2) is 0 Å². The number of para-hydroxylation sites is 1. The first kappa shape index (κ1) is 13.8. The average Bonchev–Trinajstić information content (AvgIpc) is 2.35. The lowest BCUT2D eigenvalue weighted by Gasteiger charge is -2.15. The normalized spacial score (nSPS) is 10.5. The highest BCUT2D eigenvalue weighted by atomic mass is 16.5. The first-order valence-electron chi connectivity index (χ1n) is 6.30. The largest absolute Gasteiger partial charge is 0.493 e. The molecule has 0 aromatic heterocycles. The molecule has 1 aromatic rings. The standard InChI is InChI=1S/C15H23NO/c1-4-11-16(3)12-8-13-17-15-10-7-6-9-14(15)5-2/h5-7,9-10H,2,4,8,11-13H2,1,3H3. The second kappa shape index (κ2) is 7.91. The molecule has 17 heavy (non-hydrogen) atoms. The fourth-order valence-corrected chi connectivity index (χ4v) is 1.79. The Kier molecular flexibility index (Phi) is 6.41. The molecule has 2 heteroatoms. The highest BCUT2D eigenvalue weighted by Crippen LogP contribution is 2.18. The summed E-state index contributed by atoms with van der Waals surface area (Å²) in [6.45, 7) is 8.99. The smallest absolute Gasteiger partial charge is 0.126 e. The summed E-state index contributed by atoms with van der Waals surface area (Å²) < 4.78 is 5.76. The van der Waals surface area contributed by atoms with Gasteiger partial charge in [-0.05, 0) is 32.5 Å². The van der Waals surface area contributed by atoms with Crippen molar-refractivity contribution in [3.05, 3.63) is 36.4 Å². The minimum Gasteiger partial charge on any atom is -0.493 e. The van der Waals surface area contributed by atoms with E-state index in [-0.39, 0.29) is 0 Å². The minimum atomic E-state index is 0.763. The van der Waals surface area contributed by atoms with Gasteiger partial charge in [0, 0.05) is 12.1 Å². The maximum atomic E-state index is 5.76. The van der Waals surface area contributed by atoms with Crippen LogP contribution >= 0.6 is 0 Å². The predicted molar refractivity (Wildman–Crippen MR) is 74.4 cm³/mol. The molecule has 1 rings (SSSR count). The Hall–Kier alpha value is -1.28. The van der Waals surface area contributed by atoms with E-state index >= 15 is 0 Å². The summed E-state index contributed by atoms with van der Waals surface area (Å²) in [5, 5.41) is 0. The van der Waals surface area contributed by atoms with Gasteiger partial charge >= 0.3 is 0 Å². The molecular weight excluding hydrogens is 210 g/mol. The lowest BCUT2D eigenvalue weighted by Crippen LogP contribution is -2.21. The molecule has 0 unspecified atom stereocenters. The van der Waals surface area contributed by atoms with E-state index in [1.54, 1.807) is 0 Å². The summed E-state index contributed by atoms with van der Waals surface area (Å²) in [7, 11) is 2.15. The molecule has 0 spiro atoms. The molecule has 0 aliphatic rings. The molecule has 0 aliphatic heterocycles. The molecular formula is C15H23NO. The van der Waals surface area contributed by atoms with E-state index in [9.17, 15) is 0 Å². The molecule has 0 atom stereocenters. The lowest BCUT2D eigenvalue weighted by molar-refractivity contribution is 0.262. The fourth-order valence-electron chi connectivity index (χ4n) is 1.79. The van der Waals surface area contributed by atoms with Gasteiger partial charge in [0.1, 0.15) is 5.75 Å². The van der Waals surface area contributed by atoms with Crippen LogP contribution in [0, 0.1) is 0 Å². The van der Waals surface area contributed by atoms with Gasteiger partial charge in [0.15, 0.2) is 0 Å². The van der Waals surface area contributed by atoms with E-state index in [4.69, 9.17) is 4.74 Å². The molecule has 0 amide bonds. The molecule has 0 fully saturated rings. The number of ether oxygens (including phenoxy) is 1. The van der Waals surface area contributed by atoms with Crippen LogP contribution in [0.25, 0.3) is 6.08 Å². The van der Waals surface area contributed by atoms with E-state index in [1.165, 1.54) is 6.42 Å². The van der Waals surface area contributed by atoms with Crippen LogP contribution in [0.3, 0.4) is 0 Å². The van der Waals surface area contributed by atoms with Crippen LogP contribution in [-0.4, -0.2) is 31.6 Å². The minimum absolute atomic E-state index is 0.763. The van der Waals surface area contributed by atoms with Gasteiger partial charge in [-0.15, -0.1) is 0 Å². The van der Waals surface area contributed by atoms with E-state index < -0.39 is 0 Å². The summed E-state index contributed by atoms with van der Waals surface area (Å²) in [5.74, 6) is 0.931. The number of nitrogens with zero attached hydrogens (tertiary/aromatic N) is 1. The maximum Gasteiger partial charge on any atom is 0.126 e. The van der Waals surface area contributed by atoms with Gasteiger partial charge in [0.05, 0.1) is 6.61 Å². The highest BCUT2D eigenvalue weighted by molar-refractivity contribution is 5.55. The summed E-state index contributed by atoms with van der Waals surface area (Å²) in [5.41, 5.74) is 1.06. The van der Waals surface area contributed by atoms with Crippen molar-refractivity contribution in [3.63, 3.8) is 0 Å².